The Kier molecular flexibility index (Phi) is 4.55. The molecule has 1 aromatic heterocycles. The molecular weight excluding hydrogens is 470 g/mol. The van der Waals surface area contributed by atoms with Gasteiger partial charge in [0, 0.05) is 5.92 Å². The van der Waals surface area contributed by atoms with Crippen molar-refractivity contribution in [3.05, 3.63) is 47.6 Å². The highest BCUT2D eigenvalue weighted by Gasteiger charge is 2.77. The Bertz CT molecular complexity index is 1390. The first-order valence-corrected chi connectivity index (χ1v) is 13.4. The number of aromatic nitrogens is 1. The number of ketones is 1. The van der Waals surface area contributed by atoms with E-state index in [0.29, 0.717) is 24.0 Å². The van der Waals surface area contributed by atoms with Crippen LogP contribution in [-0.4, -0.2) is 46.2 Å². The summed E-state index contributed by atoms with van der Waals surface area (Å²) in [5.41, 5.74) is -0.544. The molecule has 2 heterocycles. The van der Waals surface area contributed by atoms with Crippen molar-refractivity contribution in [3.8, 4) is 5.88 Å². The number of aliphatic hydroxyl groups is 1. The van der Waals surface area contributed by atoms with Crippen molar-refractivity contribution in [1.29, 1.82) is 0 Å². The fourth-order valence-corrected chi connectivity index (χ4v) is 8.36. The minimum absolute atomic E-state index is 0.0688. The van der Waals surface area contributed by atoms with Crippen molar-refractivity contribution >= 4 is 16.8 Å². The summed E-state index contributed by atoms with van der Waals surface area (Å²) in [5.74, 6) is -0.315. The van der Waals surface area contributed by atoms with Gasteiger partial charge in [-0.15, -0.1) is 0 Å². The molecule has 2 bridgehead atoms. The molecule has 0 amide bonds. The van der Waals surface area contributed by atoms with Crippen LogP contribution in [0.2, 0.25) is 0 Å². The highest BCUT2D eigenvalue weighted by atomic mass is 16.7. The molecule has 196 valence electrons. The Hall–Kier alpha value is -2.48. The number of carbonyl (C=O) groups is 1. The predicted octanol–water partition coefficient (Wildman–Crippen LogP) is 4.84. The SMILES string of the molecule is CC1=C[C@]23C(=O)[C@@H](C=C4COC(C)(C)O[C@H]4[C@]2(O)[C@H]1Oc1noc2ccccc12)[C@H]1[C@@H](C[C@H]3C)C1(C)C. The molecule has 1 aromatic carbocycles. The number of rotatable bonds is 2. The van der Waals surface area contributed by atoms with Crippen molar-refractivity contribution in [2.45, 2.75) is 71.6 Å². The van der Waals surface area contributed by atoms with E-state index in [4.69, 9.17) is 18.7 Å². The van der Waals surface area contributed by atoms with Gasteiger partial charge >= 0.3 is 0 Å². The minimum Gasteiger partial charge on any atom is -0.464 e. The van der Waals surface area contributed by atoms with Crippen molar-refractivity contribution in [1.82, 2.24) is 5.16 Å². The van der Waals surface area contributed by atoms with E-state index in [1.165, 1.54) is 0 Å². The van der Waals surface area contributed by atoms with Crippen molar-refractivity contribution < 1.29 is 28.6 Å². The number of Topliss-reactive ketones (excluding diaryl/α,β-unsaturated/α-hetero) is 1. The van der Waals surface area contributed by atoms with Crippen LogP contribution < -0.4 is 4.74 Å². The molecule has 3 fully saturated rings. The number of nitrogens with zero attached hydrogens (tertiary/aromatic N) is 1. The number of fused-ring (bicyclic) bond motifs is 6. The van der Waals surface area contributed by atoms with Crippen LogP contribution in [-0.2, 0) is 14.3 Å². The van der Waals surface area contributed by atoms with Gasteiger partial charge in [-0.1, -0.05) is 45.1 Å². The van der Waals surface area contributed by atoms with Crippen LogP contribution in [0.25, 0.3) is 11.0 Å². The van der Waals surface area contributed by atoms with Gasteiger partial charge in [0.2, 0.25) is 0 Å². The standard InChI is InChI=1S/C30H35NO6/c1-15-13-29-16(2)11-20-22(27(20,3)4)19(23(29)32)12-17-14-34-28(5,6)36-25(17)30(29,33)24(15)35-26-18-9-7-8-10-21(18)37-31-26/h7-10,12-13,16,19-20,22,24-25,33H,11,14H2,1-6H3/t16-,19+,20-,22+,24+,25-,29+,30-/m1/s1. The molecule has 7 heteroatoms. The zero-order valence-electron chi connectivity index (χ0n) is 22.3. The Labute approximate surface area is 216 Å². The molecule has 1 N–H and O–H groups in total. The van der Waals surface area contributed by atoms with Crippen molar-refractivity contribution in [2.75, 3.05) is 6.61 Å². The number of carbonyl (C=O) groups excluding carboxylic acids is 1. The molecule has 1 saturated heterocycles. The fraction of sp³-hybridized carbons (Fsp3) is 0.600. The number of para-hydroxylation sites is 1. The van der Waals surface area contributed by atoms with Gasteiger partial charge in [-0.3, -0.25) is 4.79 Å². The van der Waals surface area contributed by atoms with Crippen molar-refractivity contribution in [3.63, 3.8) is 0 Å². The number of hydrogen-bond acceptors (Lipinski definition) is 7. The Morgan fingerprint density at radius 1 is 1.16 bits per heavy atom. The molecule has 4 aliphatic carbocycles. The van der Waals surface area contributed by atoms with Gasteiger partial charge in [0.25, 0.3) is 5.88 Å². The monoisotopic (exact) mass is 505 g/mol. The molecule has 37 heavy (non-hydrogen) atoms. The number of hydrogen-bond donors (Lipinski definition) is 1. The molecule has 7 rings (SSSR count). The lowest BCUT2D eigenvalue weighted by molar-refractivity contribution is -0.301. The molecular formula is C30H35NO6. The smallest absolute Gasteiger partial charge is 0.262 e. The Balaban J connectivity index is 1.43. The summed E-state index contributed by atoms with van der Waals surface area (Å²) in [6.45, 7) is 12.6. The van der Waals surface area contributed by atoms with E-state index in [-0.39, 0.29) is 29.0 Å². The normalized spacial score (nSPS) is 43.1. The third-order valence-electron chi connectivity index (χ3n) is 10.2. The zero-order chi connectivity index (χ0) is 26.1. The van der Waals surface area contributed by atoms with E-state index in [1.807, 2.05) is 51.1 Å². The first kappa shape index (κ1) is 23.6. The highest BCUT2D eigenvalue weighted by molar-refractivity contribution is 5.95. The van der Waals surface area contributed by atoms with Crippen LogP contribution in [0.4, 0.5) is 0 Å². The summed E-state index contributed by atoms with van der Waals surface area (Å²) in [7, 11) is 0. The molecule has 1 aliphatic heterocycles. The maximum Gasteiger partial charge on any atom is 0.262 e. The summed E-state index contributed by atoms with van der Waals surface area (Å²) in [6.07, 6.45) is 3.30. The number of allylic oxidation sites excluding steroid dienone is 1. The van der Waals surface area contributed by atoms with Gasteiger partial charge in [-0.25, -0.2) is 0 Å². The van der Waals surface area contributed by atoms with Gasteiger partial charge in [-0.2, -0.15) is 0 Å². The van der Waals surface area contributed by atoms with Crippen molar-refractivity contribution in [2.24, 2.45) is 34.5 Å². The summed E-state index contributed by atoms with van der Waals surface area (Å²) in [6, 6.07) is 7.48. The van der Waals surface area contributed by atoms with E-state index in [1.54, 1.807) is 0 Å². The van der Waals surface area contributed by atoms with Crippen LogP contribution in [0, 0.1) is 34.5 Å². The van der Waals surface area contributed by atoms with Crippen LogP contribution >= 0.6 is 0 Å². The highest BCUT2D eigenvalue weighted by Crippen LogP contribution is 2.72. The first-order valence-electron chi connectivity index (χ1n) is 13.4. The largest absolute Gasteiger partial charge is 0.464 e. The second-order valence-electron chi connectivity index (χ2n) is 13.0. The molecule has 5 aliphatic rings. The summed E-state index contributed by atoms with van der Waals surface area (Å²) < 4.78 is 24.7. The molecule has 0 unspecified atom stereocenters. The lowest BCUT2D eigenvalue weighted by Crippen LogP contribution is -2.68. The Morgan fingerprint density at radius 3 is 2.70 bits per heavy atom. The predicted molar refractivity (Wildman–Crippen MR) is 136 cm³/mol. The Morgan fingerprint density at radius 2 is 1.92 bits per heavy atom. The van der Waals surface area contributed by atoms with E-state index in [0.717, 1.165) is 23.0 Å². The van der Waals surface area contributed by atoms with Crippen LogP contribution in [0.3, 0.4) is 0 Å². The maximum absolute atomic E-state index is 14.8. The topological polar surface area (TPSA) is 91.0 Å². The summed E-state index contributed by atoms with van der Waals surface area (Å²) >= 11 is 0. The van der Waals surface area contributed by atoms with Gasteiger partial charge < -0.3 is 23.8 Å². The summed E-state index contributed by atoms with van der Waals surface area (Å²) in [4.78, 5) is 14.8. The summed E-state index contributed by atoms with van der Waals surface area (Å²) in [5, 5.41) is 18.1. The average molecular weight is 506 g/mol. The van der Waals surface area contributed by atoms with Gasteiger partial charge in [0.05, 0.1) is 17.4 Å². The number of benzene rings is 1. The average Bonchev–Trinajstić information content (AvgIpc) is 3.12. The lowest BCUT2D eigenvalue weighted by atomic mass is 9.59. The first-order chi connectivity index (χ1) is 17.4. The minimum atomic E-state index is -1.68. The second-order valence-corrected chi connectivity index (χ2v) is 13.0. The van der Waals surface area contributed by atoms with Crippen LogP contribution in [0.5, 0.6) is 5.88 Å². The third kappa shape index (κ3) is 2.83. The second kappa shape index (κ2) is 7.13. The molecule has 0 radical (unpaired) electrons. The molecule has 2 saturated carbocycles. The van der Waals surface area contributed by atoms with E-state index in [9.17, 15) is 9.90 Å². The lowest BCUT2D eigenvalue weighted by Gasteiger charge is -2.52. The van der Waals surface area contributed by atoms with E-state index >= 15 is 0 Å². The van der Waals surface area contributed by atoms with Gasteiger partial charge in [0.1, 0.15) is 6.10 Å². The molecule has 1 spiro atoms. The van der Waals surface area contributed by atoms with E-state index in [2.05, 4.69) is 32.0 Å². The fourth-order valence-electron chi connectivity index (χ4n) is 8.36. The van der Waals surface area contributed by atoms with Gasteiger partial charge in [0.15, 0.2) is 28.9 Å². The molecule has 2 aromatic rings. The quantitative estimate of drug-likeness (QED) is 0.584. The van der Waals surface area contributed by atoms with Crippen LogP contribution in [0.1, 0.15) is 48.0 Å². The zero-order valence-corrected chi connectivity index (χ0v) is 22.3. The molecule has 8 atom stereocenters. The van der Waals surface area contributed by atoms with Crippen LogP contribution in [0.15, 0.2) is 52.1 Å². The number of ether oxygens (including phenoxy) is 3. The van der Waals surface area contributed by atoms with E-state index < -0.39 is 29.0 Å². The maximum atomic E-state index is 14.8. The third-order valence-corrected chi connectivity index (χ3v) is 10.2. The van der Waals surface area contributed by atoms with Gasteiger partial charge in [-0.05, 0) is 78.8 Å². The molecule has 7 nitrogen and oxygen atoms in total.